The number of amides is 1. The average Bonchev–Trinajstić information content (AvgIpc) is 2.69. The van der Waals surface area contributed by atoms with Crippen LogP contribution in [-0.2, 0) is 9.53 Å². The van der Waals surface area contributed by atoms with E-state index in [2.05, 4.69) is 5.32 Å². The number of carbonyl (C=O) groups is 3. The molecule has 2 aromatic carbocycles. The number of rotatable bonds is 9. The highest BCUT2D eigenvalue weighted by Gasteiger charge is 2.20. The Morgan fingerprint density at radius 1 is 0.931 bits per heavy atom. The van der Waals surface area contributed by atoms with E-state index in [-0.39, 0.29) is 11.3 Å². The van der Waals surface area contributed by atoms with E-state index in [9.17, 15) is 14.4 Å². The largest absolute Gasteiger partial charge is 0.490 e. The minimum Gasteiger partial charge on any atom is -0.490 e. The van der Waals surface area contributed by atoms with Gasteiger partial charge in [0.05, 0.1) is 18.8 Å². The molecule has 0 saturated carbocycles. The highest BCUT2D eigenvalue weighted by molar-refractivity contribution is 5.99. The predicted octanol–water partition coefficient (Wildman–Crippen LogP) is 3.87. The van der Waals surface area contributed by atoms with Gasteiger partial charge in [0.25, 0.3) is 5.91 Å². The van der Waals surface area contributed by atoms with Crippen molar-refractivity contribution in [3.63, 3.8) is 0 Å². The molecule has 0 spiro atoms. The fraction of sp³-hybridized carbons (Fsp3) is 0.318. The minimum atomic E-state index is -1.04. The van der Waals surface area contributed by atoms with Crippen LogP contribution in [0.5, 0.6) is 11.5 Å². The molecule has 0 radical (unpaired) electrons. The molecule has 0 bridgehead atoms. The molecule has 0 aliphatic heterocycles. The van der Waals surface area contributed by atoms with Gasteiger partial charge in [-0.1, -0.05) is 12.1 Å². The molecule has 0 unspecified atom stereocenters. The first-order valence-corrected chi connectivity index (χ1v) is 9.38. The van der Waals surface area contributed by atoms with Gasteiger partial charge in [-0.2, -0.15) is 0 Å². The van der Waals surface area contributed by atoms with Crippen molar-refractivity contribution in [3.05, 3.63) is 53.6 Å². The van der Waals surface area contributed by atoms with Crippen molar-refractivity contribution in [3.8, 4) is 11.5 Å². The van der Waals surface area contributed by atoms with Gasteiger partial charge in [-0.3, -0.25) is 9.59 Å². The molecule has 7 heteroatoms. The van der Waals surface area contributed by atoms with E-state index in [1.54, 1.807) is 36.4 Å². The zero-order valence-corrected chi connectivity index (χ0v) is 17.0. The Balaban J connectivity index is 2.05. The third-order valence-corrected chi connectivity index (χ3v) is 3.97. The lowest BCUT2D eigenvalue weighted by Crippen LogP contribution is -2.30. The Morgan fingerprint density at radius 2 is 1.62 bits per heavy atom. The molecule has 2 aromatic rings. The normalized spacial score (nSPS) is 11.3. The van der Waals surface area contributed by atoms with Crippen LogP contribution in [0.25, 0.3) is 0 Å². The van der Waals surface area contributed by atoms with E-state index in [1.807, 2.05) is 13.8 Å². The molecule has 0 heterocycles. The molecule has 0 saturated heterocycles. The lowest BCUT2D eigenvalue weighted by Gasteiger charge is -2.15. The first kappa shape index (κ1) is 21.9. The van der Waals surface area contributed by atoms with Gasteiger partial charge in [0.2, 0.25) is 0 Å². The summed E-state index contributed by atoms with van der Waals surface area (Å²) in [7, 11) is 0. The van der Waals surface area contributed by atoms with Crippen LogP contribution >= 0.6 is 0 Å². The summed E-state index contributed by atoms with van der Waals surface area (Å²) < 4.78 is 16.2. The van der Waals surface area contributed by atoms with Crippen LogP contribution in [0.3, 0.4) is 0 Å². The summed E-state index contributed by atoms with van der Waals surface area (Å²) in [5, 5.41) is 2.64. The lowest BCUT2D eigenvalue weighted by molar-refractivity contribution is -0.123. The van der Waals surface area contributed by atoms with Crippen LogP contribution < -0.4 is 14.8 Å². The molecule has 0 aliphatic carbocycles. The van der Waals surface area contributed by atoms with Crippen LogP contribution in [-0.4, -0.2) is 37.0 Å². The van der Waals surface area contributed by atoms with Crippen molar-refractivity contribution in [2.45, 2.75) is 33.8 Å². The molecule has 0 aliphatic rings. The Morgan fingerprint density at radius 3 is 2.28 bits per heavy atom. The van der Waals surface area contributed by atoms with Crippen LogP contribution in [0.2, 0.25) is 0 Å². The number of anilines is 1. The molecule has 0 fully saturated rings. The lowest BCUT2D eigenvalue weighted by atomic mass is 10.1. The van der Waals surface area contributed by atoms with E-state index < -0.39 is 18.0 Å². The average molecular weight is 399 g/mol. The number of carbonyl (C=O) groups excluding carboxylic acids is 3. The summed E-state index contributed by atoms with van der Waals surface area (Å²) in [4.78, 5) is 36.2. The number of nitrogens with one attached hydrogen (secondary N) is 1. The Bertz CT molecular complexity index is 893. The zero-order valence-electron chi connectivity index (χ0n) is 17.0. The van der Waals surface area contributed by atoms with Crippen LogP contribution in [0.15, 0.2) is 42.5 Å². The summed E-state index contributed by atoms with van der Waals surface area (Å²) in [6, 6.07) is 11.2. The number of ketones is 1. The van der Waals surface area contributed by atoms with Gasteiger partial charge >= 0.3 is 5.97 Å². The van der Waals surface area contributed by atoms with E-state index in [4.69, 9.17) is 14.2 Å². The summed E-state index contributed by atoms with van der Waals surface area (Å²) in [5.41, 5.74) is 1.17. The molecule has 7 nitrogen and oxygen atoms in total. The van der Waals surface area contributed by atoms with E-state index in [0.29, 0.717) is 36.0 Å². The van der Waals surface area contributed by atoms with Gasteiger partial charge in [-0.05, 0) is 58.0 Å². The second-order valence-electron chi connectivity index (χ2n) is 6.20. The number of hydrogen-bond acceptors (Lipinski definition) is 6. The number of hydrogen-bond donors (Lipinski definition) is 1. The van der Waals surface area contributed by atoms with E-state index >= 15 is 0 Å². The quantitative estimate of drug-likeness (QED) is 0.508. The molecular formula is C22H25NO6. The van der Waals surface area contributed by atoms with Gasteiger partial charge in [0.15, 0.2) is 23.4 Å². The van der Waals surface area contributed by atoms with Gasteiger partial charge in [-0.25, -0.2) is 4.79 Å². The zero-order chi connectivity index (χ0) is 21.4. The Hall–Kier alpha value is -3.35. The molecule has 2 rings (SSSR count). The maximum Gasteiger partial charge on any atom is 0.339 e. The first-order chi connectivity index (χ1) is 13.8. The highest BCUT2D eigenvalue weighted by atomic mass is 16.5. The third kappa shape index (κ3) is 6.07. The van der Waals surface area contributed by atoms with Gasteiger partial charge in [0, 0.05) is 11.3 Å². The number of esters is 1. The molecule has 1 atom stereocenters. The molecule has 29 heavy (non-hydrogen) atoms. The van der Waals surface area contributed by atoms with Gasteiger partial charge in [-0.15, -0.1) is 0 Å². The monoisotopic (exact) mass is 399 g/mol. The van der Waals surface area contributed by atoms with Crippen LogP contribution in [0.4, 0.5) is 5.69 Å². The number of Topliss-reactive ketones (excluding diaryl/α,β-unsaturated/α-hetero) is 1. The molecule has 154 valence electrons. The van der Waals surface area contributed by atoms with E-state index in [0.717, 1.165) is 0 Å². The second kappa shape index (κ2) is 10.3. The summed E-state index contributed by atoms with van der Waals surface area (Å²) in [5.74, 6) is -0.311. The van der Waals surface area contributed by atoms with Crippen molar-refractivity contribution in [1.82, 2.24) is 0 Å². The fourth-order valence-corrected chi connectivity index (χ4v) is 2.52. The van der Waals surface area contributed by atoms with Crippen molar-refractivity contribution < 1.29 is 28.6 Å². The maximum absolute atomic E-state index is 12.4. The molecular weight excluding hydrogens is 374 g/mol. The van der Waals surface area contributed by atoms with Crippen molar-refractivity contribution in [2.75, 3.05) is 18.5 Å². The summed E-state index contributed by atoms with van der Waals surface area (Å²) in [6.07, 6.45) is -1.04. The van der Waals surface area contributed by atoms with Crippen molar-refractivity contribution >= 4 is 23.3 Å². The van der Waals surface area contributed by atoms with Crippen LogP contribution in [0, 0.1) is 0 Å². The van der Waals surface area contributed by atoms with Crippen molar-refractivity contribution in [2.24, 2.45) is 0 Å². The SMILES string of the molecule is CCOc1ccc(C(=O)O[C@H](C)C(=O)Nc2cccc(C(C)=O)c2)cc1OCC. The van der Waals surface area contributed by atoms with Crippen molar-refractivity contribution in [1.29, 1.82) is 0 Å². The maximum atomic E-state index is 12.4. The predicted molar refractivity (Wildman–Crippen MR) is 109 cm³/mol. The van der Waals surface area contributed by atoms with Gasteiger partial charge in [0.1, 0.15) is 0 Å². The minimum absolute atomic E-state index is 0.110. The fourth-order valence-electron chi connectivity index (χ4n) is 2.52. The van der Waals surface area contributed by atoms with Crippen LogP contribution in [0.1, 0.15) is 48.4 Å². The summed E-state index contributed by atoms with van der Waals surface area (Å²) >= 11 is 0. The Labute approximate surface area is 170 Å². The third-order valence-electron chi connectivity index (χ3n) is 3.97. The topological polar surface area (TPSA) is 90.9 Å². The molecule has 1 amide bonds. The second-order valence-corrected chi connectivity index (χ2v) is 6.20. The standard InChI is InChI=1S/C22H25NO6/c1-5-27-19-11-10-17(13-20(19)28-6-2)22(26)29-15(4)21(25)23-18-9-7-8-16(12-18)14(3)24/h7-13,15H,5-6H2,1-4H3,(H,23,25)/t15-/m1/s1. The number of benzene rings is 2. The number of ether oxygens (including phenoxy) is 3. The molecule has 0 aromatic heterocycles. The smallest absolute Gasteiger partial charge is 0.339 e. The first-order valence-electron chi connectivity index (χ1n) is 9.38. The highest BCUT2D eigenvalue weighted by Crippen LogP contribution is 2.29. The molecule has 1 N–H and O–H groups in total. The Kier molecular flexibility index (Phi) is 7.77. The summed E-state index contributed by atoms with van der Waals surface area (Å²) in [6.45, 7) is 7.47. The van der Waals surface area contributed by atoms with E-state index in [1.165, 1.54) is 19.9 Å². The van der Waals surface area contributed by atoms with Gasteiger partial charge < -0.3 is 19.5 Å².